The highest BCUT2D eigenvalue weighted by Crippen LogP contribution is 2.17. The van der Waals surface area contributed by atoms with E-state index in [0.29, 0.717) is 13.2 Å². The minimum Gasteiger partial charge on any atom is -0.466 e. The second-order valence-corrected chi connectivity index (χ2v) is 5.91. The molecule has 1 N–H and O–H groups in total. The van der Waals surface area contributed by atoms with Crippen molar-refractivity contribution in [3.05, 3.63) is 0 Å². The highest BCUT2D eigenvalue weighted by Gasteiger charge is 2.16. The van der Waals surface area contributed by atoms with E-state index in [1.807, 2.05) is 6.92 Å². The highest BCUT2D eigenvalue weighted by molar-refractivity contribution is 5.72. The predicted molar refractivity (Wildman–Crippen MR) is 88.3 cm³/mol. The molecule has 1 atom stereocenters. The Balaban J connectivity index is 3.32. The van der Waals surface area contributed by atoms with Gasteiger partial charge in [0.05, 0.1) is 12.5 Å². The van der Waals surface area contributed by atoms with Gasteiger partial charge >= 0.3 is 5.97 Å². The second kappa shape index (κ2) is 15.8. The molecule has 3 nitrogen and oxygen atoms in total. The number of aliphatic hydroxyl groups excluding tert-OH is 1. The maximum atomic E-state index is 11.6. The van der Waals surface area contributed by atoms with E-state index in [1.165, 1.54) is 51.4 Å². The van der Waals surface area contributed by atoms with Crippen molar-refractivity contribution in [3.8, 4) is 0 Å². The van der Waals surface area contributed by atoms with Crippen molar-refractivity contribution in [1.82, 2.24) is 0 Å². The topological polar surface area (TPSA) is 46.5 Å². The number of hydrogen-bond acceptors (Lipinski definition) is 3. The van der Waals surface area contributed by atoms with E-state index in [9.17, 15) is 4.79 Å². The molecule has 0 aliphatic heterocycles. The van der Waals surface area contributed by atoms with Gasteiger partial charge in [0.1, 0.15) is 0 Å². The molecule has 0 aliphatic rings. The van der Waals surface area contributed by atoms with E-state index in [0.717, 1.165) is 25.7 Å². The molecule has 1 unspecified atom stereocenters. The summed E-state index contributed by atoms with van der Waals surface area (Å²) >= 11 is 0. The number of carbonyl (C=O) groups is 1. The van der Waals surface area contributed by atoms with Crippen LogP contribution in [0, 0.1) is 5.92 Å². The zero-order chi connectivity index (χ0) is 15.8. The molecule has 0 fully saturated rings. The van der Waals surface area contributed by atoms with Gasteiger partial charge in [-0.05, 0) is 26.2 Å². The molecule has 0 saturated heterocycles. The summed E-state index contributed by atoms with van der Waals surface area (Å²) in [5.41, 5.74) is 0. The lowest BCUT2D eigenvalue weighted by atomic mass is 9.98. The third kappa shape index (κ3) is 12.9. The molecule has 0 aromatic rings. The number of rotatable bonds is 15. The Hall–Kier alpha value is -0.570. The fourth-order valence-electron chi connectivity index (χ4n) is 2.67. The molecule has 3 heteroatoms. The summed E-state index contributed by atoms with van der Waals surface area (Å²) in [6.07, 6.45) is 14.2. The first-order chi connectivity index (χ1) is 10.3. The smallest absolute Gasteiger partial charge is 0.308 e. The van der Waals surface area contributed by atoms with E-state index < -0.39 is 0 Å². The van der Waals surface area contributed by atoms with Crippen LogP contribution >= 0.6 is 0 Å². The normalized spacial score (nSPS) is 12.3. The van der Waals surface area contributed by atoms with Gasteiger partial charge < -0.3 is 9.84 Å². The molecule has 0 saturated carbocycles. The minimum atomic E-state index is -0.0112. The zero-order valence-electron chi connectivity index (χ0n) is 14.2. The maximum absolute atomic E-state index is 11.6. The van der Waals surface area contributed by atoms with E-state index in [-0.39, 0.29) is 11.9 Å². The van der Waals surface area contributed by atoms with Crippen LogP contribution in [0.1, 0.15) is 90.9 Å². The average Bonchev–Trinajstić information content (AvgIpc) is 2.48. The molecule has 0 spiro atoms. The summed E-state index contributed by atoms with van der Waals surface area (Å²) in [7, 11) is 0. The largest absolute Gasteiger partial charge is 0.466 e. The number of esters is 1. The minimum absolute atomic E-state index is 0.0112. The van der Waals surface area contributed by atoms with Crippen molar-refractivity contribution in [1.29, 1.82) is 0 Å². The molecule has 0 aromatic carbocycles. The van der Waals surface area contributed by atoms with Gasteiger partial charge in [-0.3, -0.25) is 4.79 Å². The van der Waals surface area contributed by atoms with Gasteiger partial charge in [0.15, 0.2) is 0 Å². The number of carbonyl (C=O) groups excluding carboxylic acids is 1. The van der Waals surface area contributed by atoms with Crippen LogP contribution in [0.3, 0.4) is 0 Å². The molecule has 126 valence electrons. The van der Waals surface area contributed by atoms with Gasteiger partial charge in [-0.1, -0.05) is 64.7 Å². The molecular weight excluding hydrogens is 264 g/mol. The molecule has 0 heterocycles. The summed E-state index contributed by atoms with van der Waals surface area (Å²) in [6.45, 7) is 4.77. The van der Waals surface area contributed by atoms with Crippen LogP contribution < -0.4 is 0 Å². The van der Waals surface area contributed by atoms with Gasteiger partial charge in [0, 0.05) is 6.61 Å². The third-order valence-electron chi connectivity index (χ3n) is 4.07. The van der Waals surface area contributed by atoms with Crippen LogP contribution in [0.2, 0.25) is 0 Å². The van der Waals surface area contributed by atoms with Crippen molar-refractivity contribution >= 4 is 5.97 Å². The average molecular weight is 300 g/mol. The van der Waals surface area contributed by atoms with Crippen LogP contribution in [0.4, 0.5) is 0 Å². The van der Waals surface area contributed by atoms with Gasteiger partial charge in [0.25, 0.3) is 0 Å². The number of ether oxygens (including phenoxy) is 1. The van der Waals surface area contributed by atoms with E-state index in [1.54, 1.807) is 0 Å². The summed E-state index contributed by atoms with van der Waals surface area (Å²) in [5.74, 6) is 0.0966. The molecule has 21 heavy (non-hydrogen) atoms. The van der Waals surface area contributed by atoms with Crippen molar-refractivity contribution in [2.75, 3.05) is 13.2 Å². The summed E-state index contributed by atoms with van der Waals surface area (Å²) < 4.78 is 5.09. The Kier molecular flexibility index (Phi) is 15.4. The lowest BCUT2D eigenvalue weighted by Crippen LogP contribution is -2.16. The third-order valence-corrected chi connectivity index (χ3v) is 4.07. The van der Waals surface area contributed by atoms with Gasteiger partial charge in [-0.25, -0.2) is 0 Å². The summed E-state index contributed by atoms with van der Waals surface area (Å²) in [5, 5.41) is 8.68. The summed E-state index contributed by atoms with van der Waals surface area (Å²) in [6, 6.07) is 0. The lowest BCUT2D eigenvalue weighted by molar-refractivity contribution is -0.148. The summed E-state index contributed by atoms with van der Waals surface area (Å²) in [4.78, 5) is 11.6. The van der Waals surface area contributed by atoms with Crippen LogP contribution in [-0.4, -0.2) is 24.3 Å². The molecule has 0 bridgehead atoms. The van der Waals surface area contributed by atoms with Crippen molar-refractivity contribution in [3.63, 3.8) is 0 Å². The Labute approximate surface area is 131 Å². The SMILES string of the molecule is CCOC(=O)C(CC)CCCCCCCCCCCCO. The molecular formula is C18H36O3. The monoisotopic (exact) mass is 300 g/mol. The van der Waals surface area contributed by atoms with Crippen molar-refractivity contribution in [2.45, 2.75) is 90.9 Å². The molecule has 0 amide bonds. The van der Waals surface area contributed by atoms with E-state index >= 15 is 0 Å². The van der Waals surface area contributed by atoms with Crippen molar-refractivity contribution < 1.29 is 14.6 Å². The number of unbranched alkanes of at least 4 members (excludes halogenated alkanes) is 9. The molecule has 0 radical (unpaired) electrons. The first-order valence-corrected chi connectivity index (χ1v) is 9.03. The Morgan fingerprint density at radius 3 is 1.76 bits per heavy atom. The number of hydrogen-bond donors (Lipinski definition) is 1. The molecule has 0 aromatic heterocycles. The fraction of sp³-hybridized carbons (Fsp3) is 0.944. The Bertz CT molecular complexity index is 229. The van der Waals surface area contributed by atoms with Gasteiger partial charge in [-0.15, -0.1) is 0 Å². The fourth-order valence-corrected chi connectivity index (χ4v) is 2.67. The van der Waals surface area contributed by atoms with Crippen LogP contribution in [0.15, 0.2) is 0 Å². The Morgan fingerprint density at radius 1 is 0.857 bits per heavy atom. The second-order valence-electron chi connectivity index (χ2n) is 5.91. The number of aliphatic hydroxyl groups is 1. The quantitative estimate of drug-likeness (QED) is 0.347. The first kappa shape index (κ1) is 20.4. The van der Waals surface area contributed by atoms with E-state index in [4.69, 9.17) is 9.84 Å². The van der Waals surface area contributed by atoms with Crippen molar-refractivity contribution in [2.24, 2.45) is 5.92 Å². The van der Waals surface area contributed by atoms with Gasteiger partial charge in [0.2, 0.25) is 0 Å². The van der Waals surface area contributed by atoms with Gasteiger partial charge in [-0.2, -0.15) is 0 Å². The maximum Gasteiger partial charge on any atom is 0.308 e. The lowest BCUT2D eigenvalue weighted by Gasteiger charge is -2.13. The molecule has 0 aliphatic carbocycles. The molecule has 0 rings (SSSR count). The van der Waals surface area contributed by atoms with Crippen LogP contribution in [-0.2, 0) is 9.53 Å². The predicted octanol–water partition coefficient (Wildman–Crippen LogP) is 4.86. The highest BCUT2D eigenvalue weighted by atomic mass is 16.5. The van der Waals surface area contributed by atoms with E-state index in [2.05, 4.69) is 6.92 Å². The van der Waals surface area contributed by atoms with Crippen LogP contribution in [0.25, 0.3) is 0 Å². The van der Waals surface area contributed by atoms with Crippen LogP contribution in [0.5, 0.6) is 0 Å². The first-order valence-electron chi connectivity index (χ1n) is 9.03. The Morgan fingerprint density at radius 2 is 1.33 bits per heavy atom. The zero-order valence-corrected chi connectivity index (χ0v) is 14.2. The standard InChI is InChI=1S/C18H36O3/c1-3-17(18(20)21-4-2)15-13-11-9-7-5-6-8-10-12-14-16-19/h17,19H,3-16H2,1-2H3.